The Balaban J connectivity index is 2.56. The molecule has 2 rings (SSSR count). The molecule has 0 saturated heterocycles. The van der Waals surface area contributed by atoms with Crippen molar-refractivity contribution in [2.45, 2.75) is 32.8 Å². The number of H-pyrrole nitrogens is 1. The third-order valence-corrected chi connectivity index (χ3v) is 3.64. The van der Waals surface area contributed by atoms with E-state index in [4.69, 9.17) is 4.74 Å². The third kappa shape index (κ3) is 3.15. The number of pyridine rings is 1. The van der Waals surface area contributed by atoms with E-state index in [-0.39, 0.29) is 6.10 Å². The second-order valence-electron chi connectivity index (χ2n) is 5.26. The van der Waals surface area contributed by atoms with Gasteiger partial charge in [0.05, 0.1) is 34.3 Å². The van der Waals surface area contributed by atoms with Gasteiger partial charge in [0.25, 0.3) is 0 Å². The molecule has 2 heterocycles. The van der Waals surface area contributed by atoms with E-state index in [1.807, 2.05) is 12.1 Å². The summed E-state index contributed by atoms with van der Waals surface area (Å²) < 4.78 is 5.34. The molecule has 0 aromatic carbocycles. The van der Waals surface area contributed by atoms with Crippen LogP contribution in [0.15, 0.2) is 46.4 Å². The number of nitrogens with one attached hydrogen (secondary N) is 2. The predicted octanol–water partition coefficient (Wildman–Crippen LogP) is 2.08. The van der Waals surface area contributed by atoms with Crippen LogP contribution in [0.2, 0.25) is 0 Å². The Morgan fingerprint density at radius 1 is 1.55 bits per heavy atom. The molecular formula is C16H18N3O2S+. The Labute approximate surface area is 135 Å². The van der Waals surface area contributed by atoms with Crippen molar-refractivity contribution in [2.75, 3.05) is 0 Å². The van der Waals surface area contributed by atoms with E-state index in [2.05, 4.69) is 29.0 Å². The highest BCUT2D eigenvalue weighted by Crippen LogP contribution is 2.38. The Morgan fingerprint density at radius 2 is 2.27 bits per heavy atom. The Bertz CT molecular complexity index is 687. The molecule has 22 heavy (non-hydrogen) atoms. The van der Waals surface area contributed by atoms with Crippen LogP contribution in [0.3, 0.4) is 0 Å². The van der Waals surface area contributed by atoms with Crippen molar-refractivity contribution >= 4 is 18.6 Å². The lowest BCUT2D eigenvalue weighted by atomic mass is 9.83. The summed E-state index contributed by atoms with van der Waals surface area (Å²) >= 11 is 4.33. The number of carbonyl (C=O) groups excluding carboxylic acids is 1. The second-order valence-corrected chi connectivity index (χ2v) is 5.71. The normalized spacial score (nSPS) is 18.1. The van der Waals surface area contributed by atoms with Gasteiger partial charge in [-0.2, -0.15) is 5.26 Å². The molecular weight excluding hydrogens is 298 g/mol. The van der Waals surface area contributed by atoms with E-state index in [9.17, 15) is 10.1 Å². The number of allylic oxidation sites excluding steroid dienone is 2. The summed E-state index contributed by atoms with van der Waals surface area (Å²) in [6, 6.07) is 5.83. The number of dihydropyridines is 1. The van der Waals surface area contributed by atoms with Gasteiger partial charge < -0.3 is 10.1 Å². The maximum Gasteiger partial charge on any atom is 0.337 e. The number of esters is 1. The van der Waals surface area contributed by atoms with Crippen molar-refractivity contribution in [2.24, 2.45) is 0 Å². The molecule has 2 N–H and O–H groups in total. The largest absolute Gasteiger partial charge is 0.460 e. The number of ether oxygens (including phenoxy) is 1. The van der Waals surface area contributed by atoms with E-state index >= 15 is 0 Å². The first-order valence-electron chi connectivity index (χ1n) is 6.93. The molecule has 1 aliphatic rings. The van der Waals surface area contributed by atoms with Crippen molar-refractivity contribution in [1.82, 2.24) is 5.32 Å². The number of nitrogens with zero attached hydrogens (tertiary/aromatic N) is 1. The SMILES string of the molecule is CC1=C(C(=O)OC(C)C)C(c2ccc[nH+]c2)C(C#N)=C(S)N1. The molecule has 0 fully saturated rings. The first-order valence-corrected chi connectivity index (χ1v) is 7.38. The van der Waals surface area contributed by atoms with Gasteiger partial charge in [0.2, 0.25) is 0 Å². The molecule has 0 bridgehead atoms. The summed E-state index contributed by atoms with van der Waals surface area (Å²) in [7, 11) is 0. The van der Waals surface area contributed by atoms with Crippen LogP contribution in [-0.4, -0.2) is 12.1 Å². The van der Waals surface area contributed by atoms with Crippen LogP contribution >= 0.6 is 12.6 Å². The van der Waals surface area contributed by atoms with Gasteiger partial charge in [0.1, 0.15) is 0 Å². The zero-order valence-electron chi connectivity index (χ0n) is 12.7. The molecule has 1 aliphatic heterocycles. The smallest absolute Gasteiger partial charge is 0.337 e. The highest BCUT2D eigenvalue weighted by Gasteiger charge is 2.35. The van der Waals surface area contributed by atoms with E-state index in [0.717, 1.165) is 5.56 Å². The Morgan fingerprint density at radius 3 is 2.82 bits per heavy atom. The fourth-order valence-corrected chi connectivity index (χ4v) is 2.74. The zero-order valence-corrected chi connectivity index (χ0v) is 13.6. The van der Waals surface area contributed by atoms with Crippen molar-refractivity contribution in [3.05, 3.63) is 52.0 Å². The summed E-state index contributed by atoms with van der Waals surface area (Å²) in [6.07, 6.45) is 3.30. The lowest BCUT2D eigenvalue weighted by Gasteiger charge is -2.27. The third-order valence-electron chi connectivity index (χ3n) is 3.29. The van der Waals surface area contributed by atoms with Gasteiger partial charge in [-0.25, -0.2) is 9.78 Å². The lowest BCUT2D eigenvalue weighted by molar-refractivity contribution is -0.378. The Hall–Kier alpha value is -2.26. The standard InChI is InChI=1S/C16H17N3O2S/c1-9(2)21-16(20)13-10(3)19-15(22)12(7-17)14(13)11-5-4-6-18-8-11/h4-6,8-9,14,19,22H,1-3H3/p+1. The minimum Gasteiger partial charge on any atom is -0.460 e. The number of aromatic nitrogens is 1. The van der Waals surface area contributed by atoms with Crippen molar-refractivity contribution in [3.8, 4) is 6.07 Å². The van der Waals surface area contributed by atoms with Crippen molar-refractivity contribution in [1.29, 1.82) is 5.26 Å². The lowest BCUT2D eigenvalue weighted by Crippen LogP contribution is -2.29. The predicted molar refractivity (Wildman–Crippen MR) is 84.4 cm³/mol. The number of aromatic amines is 1. The number of thiol groups is 1. The van der Waals surface area contributed by atoms with Crippen LogP contribution in [0.1, 0.15) is 32.3 Å². The highest BCUT2D eigenvalue weighted by atomic mass is 32.1. The molecule has 0 amide bonds. The first-order chi connectivity index (χ1) is 10.5. The van der Waals surface area contributed by atoms with E-state index in [1.165, 1.54) is 0 Å². The summed E-state index contributed by atoms with van der Waals surface area (Å²) in [5.74, 6) is -0.926. The van der Waals surface area contributed by atoms with Gasteiger partial charge >= 0.3 is 5.97 Å². The summed E-state index contributed by atoms with van der Waals surface area (Å²) in [5.41, 5.74) is 2.28. The molecule has 1 aromatic rings. The maximum atomic E-state index is 12.5. The van der Waals surface area contributed by atoms with Crippen LogP contribution in [0.4, 0.5) is 0 Å². The number of hydrogen-bond acceptors (Lipinski definition) is 5. The van der Waals surface area contributed by atoms with Crippen molar-refractivity contribution in [3.63, 3.8) is 0 Å². The van der Waals surface area contributed by atoms with Gasteiger partial charge in [-0.1, -0.05) is 0 Å². The topological polar surface area (TPSA) is 76.3 Å². The second kappa shape index (κ2) is 6.67. The van der Waals surface area contributed by atoms with Gasteiger partial charge in [0, 0.05) is 17.3 Å². The quantitative estimate of drug-likeness (QED) is 0.661. The van der Waals surface area contributed by atoms with E-state index < -0.39 is 11.9 Å². The molecule has 5 nitrogen and oxygen atoms in total. The zero-order chi connectivity index (χ0) is 16.3. The number of carbonyl (C=O) groups is 1. The molecule has 0 radical (unpaired) electrons. The van der Waals surface area contributed by atoms with Gasteiger partial charge in [0.15, 0.2) is 12.4 Å². The fraction of sp³-hybridized carbons (Fsp3) is 0.312. The average molecular weight is 316 g/mol. The molecule has 1 unspecified atom stereocenters. The summed E-state index contributed by atoms with van der Waals surface area (Å²) in [5, 5.41) is 12.9. The minimum absolute atomic E-state index is 0.234. The molecule has 1 aromatic heterocycles. The van der Waals surface area contributed by atoms with Gasteiger partial charge in [-0.05, 0) is 26.8 Å². The van der Waals surface area contributed by atoms with Crippen LogP contribution < -0.4 is 10.3 Å². The van der Waals surface area contributed by atoms with E-state index in [1.54, 1.807) is 33.2 Å². The van der Waals surface area contributed by atoms with Crippen molar-refractivity contribution < 1.29 is 14.5 Å². The molecule has 1 atom stereocenters. The molecule has 0 spiro atoms. The number of nitriles is 1. The molecule has 0 aliphatic carbocycles. The average Bonchev–Trinajstić information content (AvgIpc) is 2.46. The highest BCUT2D eigenvalue weighted by molar-refractivity contribution is 7.84. The van der Waals surface area contributed by atoms with E-state index in [0.29, 0.717) is 21.9 Å². The minimum atomic E-state index is -0.498. The molecule has 0 saturated carbocycles. The Kier molecular flexibility index (Phi) is 4.88. The maximum absolute atomic E-state index is 12.5. The number of hydrogen-bond donors (Lipinski definition) is 2. The molecule has 114 valence electrons. The van der Waals surface area contributed by atoms with Gasteiger partial charge in [-0.3, -0.25) is 0 Å². The van der Waals surface area contributed by atoms with Gasteiger partial charge in [-0.15, -0.1) is 12.6 Å². The number of rotatable bonds is 3. The summed E-state index contributed by atoms with van der Waals surface area (Å²) in [6.45, 7) is 5.36. The summed E-state index contributed by atoms with van der Waals surface area (Å²) in [4.78, 5) is 15.5. The van der Waals surface area contributed by atoms with Crippen LogP contribution in [0, 0.1) is 11.3 Å². The first kappa shape index (κ1) is 16.1. The van der Waals surface area contributed by atoms with Crippen LogP contribution in [-0.2, 0) is 9.53 Å². The monoisotopic (exact) mass is 316 g/mol. The van der Waals surface area contributed by atoms with Crippen LogP contribution in [0.25, 0.3) is 0 Å². The van der Waals surface area contributed by atoms with Crippen LogP contribution in [0.5, 0.6) is 0 Å². The fourth-order valence-electron chi connectivity index (χ4n) is 2.40. The molecule has 6 heteroatoms.